The second kappa shape index (κ2) is 5.70. The molecular formula is C20H21N3O2. The Morgan fingerprint density at radius 1 is 1.32 bits per heavy atom. The molecule has 1 unspecified atom stereocenters. The van der Waals surface area contributed by atoms with Crippen LogP contribution >= 0.6 is 0 Å². The van der Waals surface area contributed by atoms with Crippen LogP contribution in [0.1, 0.15) is 6.42 Å². The average molecular weight is 335 g/mol. The molecule has 0 bridgehead atoms. The van der Waals surface area contributed by atoms with E-state index in [2.05, 4.69) is 16.4 Å². The number of nitrogens with zero attached hydrogens (tertiary/aromatic N) is 2. The van der Waals surface area contributed by atoms with Crippen LogP contribution in [0.2, 0.25) is 0 Å². The summed E-state index contributed by atoms with van der Waals surface area (Å²) in [6, 6.07) is 7.96. The van der Waals surface area contributed by atoms with Crippen molar-refractivity contribution in [3.05, 3.63) is 58.4 Å². The van der Waals surface area contributed by atoms with E-state index >= 15 is 0 Å². The van der Waals surface area contributed by atoms with E-state index in [1.807, 2.05) is 43.3 Å². The van der Waals surface area contributed by atoms with Crippen molar-refractivity contribution in [3.63, 3.8) is 0 Å². The van der Waals surface area contributed by atoms with Crippen LogP contribution in [0.4, 0.5) is 0 Å². The first-order valence-electron chi connectivity index (χ1n) is 8.46. The molecule has 0 saturated carbocycles. The lowest BCUT2D eigenvalue weighted by Crippen LogP contribution is -2.42. The van der Waals surface area contributed by atoms with E-state index < -0.39 is 5.41 Å². The minimum absolute atomic E-state index is 0.0136. The number of aliphatic hydroxyl groups excluding tert-OH is 1. The highest BCUT2D eigenvalue weighted by Gasteiger charge is 2.47. The van der Waals surface area contributed by atoms with Crippen LogP contribution in [0.15, 0.2) is 53.0 Å². The number of fused-ring (bicyclic) bond motifs is 1. The van der Waals surface area contributed by atoms with Crippen molar-refractivity contribution in [3.8, 4) is 0 Å². The Hall–Kier alpha value is -2.66. The predicted molar refractivity (Wildman–Crippen MR) is 98.4 cm³/mol. The number of carbonyl (C=O) groups excluding carboxylic acids is 1. The highest BCUT2D eigenvalue weighted by molar-refractivity contribution is 6.59. The number of carbonyl (C=O) groups is 1. The number of rotatable bonds is 3. The van der Waals surface area contributed by atoms with Crippen LogP contribution in [0, 0.1) is 5.41 Å². The summed E-state index contributed by atoms with van der Waals surface area (Å²) >= 11 is 0. The maximum Gasteiger partial charge on any atom is 0.208 e. The van der Waals surface area contributed by atoms with Crippen LogP contribution in [0.25, 0.3) is 11.6 Å². The van der Waals surface area contributed by atoms with Gasteiger partial charge in [0.1, 0.15) is 5.71 Å². The van der Waals surface area contributed by atoms with Crippen LogP contribution in [0.3, 0.4) is 0 Å². The van der Waals surface area contributed by atoms with Gasteiger partial charge in [0, 0.05) is 17.8 Å². The van der Waals surface area contributed by atoms with Crippen molar-refractivity contribution < 1.29 is 9.90 Å². The average Bonchev–Trinajstić information content (AvgIpc) is 2.91. The monoisotopic (exact) mass is 335 g/mol. The number of hydrogen-bond acceptors (Lipinski definition) is 5. The fourth-order valence-electron chi connectivity index (χ4n) is 3.78. The smallest absolute Gasteiger partial charge is 0.208 e. The van der Waals surface area contributed by atoms with Gasteiger partial charge in [-0.2, -0.15) is 0 Å². The van der Waals surface area contributed by atoms with Gasteiger partial charge in [-0.1, -0.05) is 30.3 Å². The second-order valence-corrected chi connectivity index (χ2v) is 6.95. The molecule has 2 aliphatic carbocycles. The molecule has 2 N–H and O–H groups in total. The van der Waals surface area contributed by atoms with E-state index in [1.54, 1.807) is 12.2 Å². The zero-order chi connectivity index (χ0) is 17.6. The Morgan fingerprint density at radius 3 is 2.92 bits per heavy atom. The molecule has 1 atom stereocenters. The summed E-state index contributed by atoms with van der Waals surface area (Å²) in [6.07, 6.45) is 6.24. The zero-order valence-electron chi connectivity index (χ0n) is 14.4. The molecule has 0 saturated heterocycles. The molecule has 0 amide bonds. The molecule has 5 nitrogen and oxygen atoms in total. The first-order valence-corrected chi connectivity index (χ1v) is 8.46. The van der Waals surface area contributed by atoms with Crippen LogP contribution in [-0.2, 0) is 4.79 Å². The van der Waals surface area contributed by atoms with Gasteiger partial charge in [-0.15, -0.1) is 0 Å². The third-order valence-electron chi connectivity index (χ3n) is 5.01. The maximum atomic E-state index is 13.2. The Morgan fingerprint density at radius 2 is 2.12 bits per heavy atom. The van der Waals surface area contributed by atoms with Crippen molar-refractivity contribution in [1.29, 1.82) is 0 Å². The molecule has 4 rings (SSSR count). The molecule has 0 aromatic heterocycles. The van der Waals surface area contributed by atoms with Gasteiger partial charge in [-0.25, -0.2) is 0 Å². The van der Waals surface area contributed by atoms with Crippen molar-refractivity contribution in [1.82, 2.24) is 10.2 Å². The summed E-state index contributed by atoms with van der Waals surface area (Å²) in [5.41, 5.74) is 1.52. The van der Waals surface area contributed by atoms with Crippen LogP contribution in [0.5, 0.6) is 0 Å². The third kappa shape index (κ3) is 2.43. The summed E-state index contributed by atoms with van der Waals surface area (Å²) in [5.74, 6) is 0.114. The highest BCUT2D eigenvalue weighted by Crippen LogP contribution is 2.47. The van der Waals surface area contributed by atoms with Gasteiger partial charge in [0.15, 0.2) is 5.88 Å². The van der Waals surface area contributed by atoms with Gasteiger partial charge in [0.2, 0.25) is 5.78 Å². The summed E-state index contributed by atoms with van der Waals surface area (Å²) in [5, 5.41) is 15.0. The van der Waals surface area contributed by atoms with Gasteiger partial charge in [0.05, 0.1) is 12.0 Å². The highest BCUT2D eigenvalue weighted by atomic mass is 16.3. The lowest BCUT2D eigenvalue weighted by molar-refractivity contribution is -0.108. The number of ketones is 1. The first-order chi connectivity index (χ1) is 12.0. The summed E-state index contributed by atoms with van der Waals surface area (Å²) in [7, 11) is 3.96. The number of aliphatic imine (C=N–C) groups is 1. The Labute approximate surface area is 146 Å². The SMILES string of the molecule is CN(C)CCN=C1C=C2NC(O)=CCC23C=c2ccccc2=C3C1=O. The van der Waals surface area contributed by atoms with Gasteiger partial charge in [0.25, 0.3) is 0 Å². The summed E-state index contributed by atoms with van der Waals surface area (Å²) in [4.78, 5) is 19.8. The van der Waals surface area contributed by atoms with Gasteiger partial charge in [-0.3, -0.25) is 9.79 Å². The molecule has 0 fully saturated rings. The number of likely N-dealkylation sites (N-methyl/N-ethyl adjacent to an activating group) is 1. The Kier molecular flexibility index (Phi) is 3.62. The fourth-order valence-corrected chi connectivity index (χ4v) is 3.78. The molecular weight excluding hydrogens is 314 g/mol. The number of Topliss-reactive ketones (excluding diaryl/α,β-unsaturated/α-hetero) is 1. The van der Waals surface area contributed by atoms with Crippen LogP contribution in [-0.4, -0.2) is 48.7 Å². The number of hydrogen-bond donors (Lipinski definition) is 2. The van der Waals surface area contributed by atoms with E-state index in [-0.39, 0.29) is 11.7 Å². The number of benzene rings is 1. The van der Waals surface area contributed by atoms with Crippen molar-refractivity contribution in [2.24, 2.45) is 10.4 Å². The van der Waals surface area contributed by atoms with Crippen molar-refractivity contribution >= 4 is 23.1 Å². The van der Waals surface area contributed by atoms with Gasteiger partial charge in [-0.05, 0) is 43.1 Å². The minimum atomic E-state index is -0.520. The zero-order valence-corrected chi connectivity index (χ0v) is 14.4. The van der Waals surface area contributed by atoms with Crippen LogP contribution < -0.4 is 15.8 Å². The van der Waals surface area contributed by atoms with E-state index in [1.165, 1.54) is 0 Å². The third-order valence-corrected chi connectivity index (χ3v) is 5.01. The van der Waals surface area contributed by atoms with E-state index in [0.29, 0.717) is 18.7 Å². The van der Waals surface area contributed by atoms with Gasteiger partial charge < -0.3 is 15.3 Å². The molecule has 0 radical (unpaired) electrons. The van der Waals surface area contributed by atoms with Crippen molar-refractivity contribution in [2.45, 2.75) is 6.42 Å². The normalized spacial score (nSPS) is 25.6. The van der Waals surface area contributed by atoms with E-state index in [0.717, 1.165) is 28.3 Å². The maximum absolute atomic E-state index is 13.2. The molecule has 1 aliphatic heterocycles. The number of nitrogens with one attached hydrogen (secondary N) is 1. The van der Waals surface area contributed by atoms with Gasteiger partial charge >= 0.3 is 0 Å². The quantitative estimate of drug-likeness (QED) is 0.843. The molecule has 1 spiro atoms. The van der Waals surface area contributed by atoms with E-state index in [4.69, 9.17) is 0 Å². The molecule has 1 aromatic rings. The minimum Gasteiger partial charge on any atom is -0.495 e. The standard InChI is InChI=1S/C20H21N3O2/c1-23(2)10-9-21-15-11-16-20(8-7-17(24)22-16)12-13-5-3-4-6-14(13)18(20)19(15)25/h3-7,11-12,22,24H,8-10H2,1-2H3. The lowest BCUT2D eigenvalue weighted by Gasteiger charge is -2.38. The molecule has 5 heteroatoms. The van der Waals surface area contributed by atoms with Crippen molar-refractivity contribution in [2.75, 3.05) is 27.2 Å². The first kappa shape index (κ1) is 15.8. The lowest BCUT2D eigenvalue weighted by atomic mass is 9.69. The summed E-state index contributed by atoms with van der Waals surface area (Å²) < 4.78 is 0. The largest absolute Gasteiger partial charge is 0.495 e. The van der Waals surface area contributed by atoms with E-state index in [9.17, 15) is 9.90 Å². The fraction of sp³-hybridized carbons (Fsp3) is 0.300. The number of allylic oxidation sites excluding steroid dienone is 3. The molecule has 25 heavy (non-hydrogen) atoms. The Balaban J connectivity index is 1.90. The number of aliphatic hydroxyl groups is 1. The summed E-state index contributed by atoms with van der Waals surface area (Å²) in [6.45, 7) is 1.34. The molecule has 3 aliphatic rings. The molecule has 128 valence electrons. The predicted octanol–water partition coefficient (Wildman–Crippen LogP) is 0.480. The topological polar surface area (TPSA) is 64.9 Å². The Bertz CT molecular complexity index is 969. The second-order valence-electron chi connectivity index (χ2n) is 6.95. The molecule has 1 aromatic carbocycles. The molecule has 1 heterocycles.